The molecule has 25 atom stereocenters. The second-order valence-corrected chi connectivity index (χ2v) is 30.3. The molecule has 0 N–H and O–H groups in total. The van der Waals surface area contributed by atoms with Gasteiger partial charge in [-0.3, -0.25) is 4.79 Å². The molecule has 4 saturated carbocycles. The number of azide groups is 1. The lowest BCUT2D eigenvalue weighted by Gasteiger charge is -2.71. The van der Waals surface area contributed by atoms with Crippen LogP contribution in [-0.4, -0.2) is 118 Å². The minimum absolute atomic E-state index is 0.0267. The molecular weight excluding hydrogens is 1150 g/mol. The predicted molar refractivity (Wildman–Crippen MR) is 340 cm³/mol. The van der Waals surface area contributed by atoms with Crippen LogP contribution in [0.15, 0.2) is 108 Å². The van der Waals surface area contributed by atoms with E-state index in [1.54, 1.807) is 7.11 Å². The van der Waals surface area contributed by atoms with E-state index >= 15 is 4.79 Å². The van der Waals surface area contributed by atoms with E-state index in [4.69, 9.17) is 56.8 Å². The Morgan fingerprint density at radius 3 is 2.02 bits per heavy atom. The summed E-state index contributed by atoms with van der Waals surface area (Å²) in [6.45, 7) is 25.3. The highest BCUT2D eigenvalue weighted by molar-refractivity contribution is 5.80. The summed E-state index contributed by atoms with van der Waals surface area (Å²) in [6, 6.07) is 29.2. The van der Waals surface area contributed by atoms with E-state index in [1.165, 1.54) is 11.9 Å². The van der Waals surface area contributed by atoms with Crippen LogP contribution in [0.3, 0.4) is 0 Å². The summed E-state index contributed by atoms with van der Waals surface area (Å²) in [6.07, 6.45) is 2.42. The molecule has 12 rings (SSSR count). The molecule has 0 bridgehead atoms. The van der Waals surface area contributed by atoms with Crippen molar-refractivity contribution in [2.45, 2.75) is 239 Å². The predicted octanol–water partition coefficient (Wildman–Crippen LogP) is 13.8. The molecule has 0 aromatic heterocycles. The van der Waals surface area contributed by atoms with E-state index in [1.807, 2.05) is 119 Å². The van der Waals surface area contributed by atoms with Crippen LogP contribution in [-0.2, 0) is 86.3 Å². The molecule has 0 spiro atoms. The van der Waals surface area contributed by atoms with Gasteiger partial charge in [-0.1, -0.05) is 163 Å². The maximum absolute atomic E-state index is 16.4. The van der Waals surface area contributed by atoms with Crippen LogP contribution in [0.2, 0.25) is 0 Å². The van der Waals surface area contributed by atoms with Crippen LogP contribution >= 0.6 is 0 Å². The third kappa shape index (κ3) is 12.1. The van der Waals surface area contributed by atoms with Gasteiger partial charge in [0.05, 0.1) is 63.5 Å². The topological polar surface area (TPSA) is 194 Å². The normalized spacial score (nSPS) is 44.1. The second-order valence-electron chi connectivity index (χ2n) is 30.3. The molecule has 4 aliphatic heterocycles. The molecule has 17 nitrogen and oxygen atoms in total. The first-order chi connectivity index (χ1) is 43.6. The van der Waals surface area contributed by atoms with Crippen LogP contribution in [0, 0.1) is 68.5 Å². The fourth-order valence-corrected chi connectivity index (χ4v) is 19.4. The Bertz CT molecular complexity index is 3080. The number of esters is 1. The summed E-state index contributed by atoms with van der Waals surface area (Å²) in [5.41, 5.74) is 12.8. The minimum atomic E-state index is -1.32. The number of carbonyl (C=O) groups excluding carboxylic acids is 2. The number of aldehydes is 1. The molecule has 8 fully saturated rings. The van der Waals surface area contributed by atoms with Crippen molar-refractivity contribution >= 4 is 12.3 Å². The number of rotatable bonds is 19. The summed E-state index contributed by atoms with van der Waals surface area (Å²) in [4.78, 5) is 32.9. The van der Waals surface area contributed by atoms with Gasteiger partial charge in [0.1, 0.15) is 42.2 Å². The Morgan fingerprint density at radius 2 is 1.36 bits per heavy atom. The van der Waals surface area contributed by atoms with Gasteiger partial charge < -0.3 is 61.6 Å². The molecule has 3 aromatic carbocycles. The van der Waals surface area contributed by atoms with E-state index in [0.29, 0.717) is 49.7 Å². The molecule has 5 aliphatic carbocycles. The van der Waals surface area contributed by atoms with E-state index < -0.39 is 96.8 Å². The molecule has 4 saturated heterocycles. The van der Waals surface area contributed by atoms with Gasteiger partial charge in [-0.05, 0) is 153 Å². The number of hydrogen-bond donors (Lipinski definition) is 0. The van der Waals surface area contributed by atoms with Gasteiger partial charge in [0.25, 0.3) is 0 Å². The number of benzene rings is 3. The van der Waals surface area contributed by atoms with Crippen molar-refractivity contribution in [2.24, 2.45) is 73.6 Å². The second kappa shape index (κ2) is 26.5. The van der Waals surface area contributed by atoms with Crippen LogP contribution < -0.4 is 0 Å². The Labute approximate surface area is 539 Å². The zero-order valence-corrected chi connectivity index (χ0v) is 55.8. The fourth-order valence-electron chi connectivity index (χ4n) is 19.4. The Morgan fingerprint density at radius 1 is 0.714 bits per heavy atom. The lowest BCUT2D eigenvalue weighted by molar-refractivity contribution is -0.354. The molecule has 0 radical (unpaired) electrons. The van der Waals surface area contributed by atoms with Gasteiger partial charge in [0, 0.05) is 23.4 Å². The van der Waals surface area contributed by atoms with Gasteiger partial charge in [-0.25, -0.2) is 0 Å². The monoisotopic (exact) mass is 1260 g/mol. The van der Waals surface area contributed by atoms with E-state index in [9.17, 15) is 10.3 Å². The number of nitrogens with zero attached hydrogens (tertiary/aromatic N) is 3. The molecule has 12 unspecified atom stereocenters. The summed E-state index contributed by atoms with van der Waals surface area (Å²) < 4.78 is 82.1. The standard InChI is InChI=1S/C74H101N3O14/c1-44-30-35-74(53(36-44)52-28-29-57-70(8)33-31-45(2)71(9,43-78)56(70)32-34-72(57,10)73(52,11)37-58(74)80-12)68(79)89-66-61(46(3)59(76-77-75)54(86-66)41-81-38-49-22-16-13-17-23-49)87-67-64-63(90-69(6,7)91-64)62(48(5)85-67)88-65-47(4)60(83-40-51-26-20-15-21-27-51)55(42-84-65)82-39-50-24-18-14-19-25-50/h13-28,43-48,53-67H,29-42H2,1-12H3/t44-,45+,46?,47?,48?,53?,54?,55-,56-,57?,58?,59-,60?,61?,62+,63?,64?,65+,66+,67+,70?,71+,72+,73-,74-/m1/s1. The third-order valence-electron chi connectivity index (χ3n) is 24.8. The minimum Gasteiger partial charge on any atom is -0.432 e. The zero-order chi connectivity index (χ0) is 64.3. The lowest BCUT2D eigenvalue weighted by Crippen LogP contribution is -2.68. The zero-order valence-electron chi connectivity index (χ0n) is 55.8. The van der Waals surface area contributed by atoms with E-state index in [0.717, 1.165) is 61.6 Å². The molecule has 17 heteroatoms. The van der Waals surface area contributed by atoms with Crippen LogP contribution in [0.5, 0.6) is 0 Å². The number of fused-ring (bicyclic) bond motifs is 8. The summed E-state index contributed by atoms with van der Waals surface area (Å²) in [7, 11) is 1.76. The molecule has 9 aliphatic rings. The van der Waals surface area contributed by atoms with Gasteiger partial charge >= 0.3 is 5.97 Å². The van der Waals surface area contributed by atoms with Gasteiger partial charge in [-0.2, -0.15) is 0 Å². The number of hydrogen-bond acceptors (Lipinski definition) is 15. The molecule has 0 amide bonds. The lowest BCUT2D eigenvalue weighted by atomic mass is 9.33. The summed E-state index contributed by atoms with van der Waals surface area (Å²) in [5, 5.41) is 4.37. The average molecular weight is 1260 g/mol. The highest BCUT2D eigenvalue weighted by Gasteiger charge is 2.72. The quantitative estimate of drug-likeness (QED) is 0.0275. The number of carbonyl (C=O) groups is 2. The van der Waals surface area contributed by atoms with Crippen molar-refractivity contribution < 1.29 is 66.4 Å². The summed E-state index contributed by atoms with van der Waals surface area (Å²) >= 11 is 0. The van der Waals surface area contributed by atoms with Crippen molar-refractivity contribution in [1.29, 1.82) is 0 Å². The molecule has 91 heavy (non-hydrogen) atoms. The smallest absolute Gasteiger partial charge is 0.317 e. The summed E-state index contributed by atoms with van der Waals surface area (Å²) in [5.74, 6) is -1.25. The van der Waals surface area contributed by atoms with Gasteiger partial charge in [0.15, 0.2) is 18.4 Å². The first-order valence-corrected chi connectivity index (χ1v) is 34.1. The maximum Gasteiger partial charge on any atom is 0.317 e. The third-order valence-corrected chi connectivity index (χ3v) is 24.8. The van der Waals surface area contributed by atoms with Crippen molar-refractivity contribution in [2.75, 3.05) is 20.3 Å². The van der Waals surface area contributed by atoms with Gasteiger partial charge in [-0.15, -0.1) is 0 Å². The van der Waals surface area contributed by atoms with Crippen LogP contribution in [0.1, 0.15) is 151 Å². The fraction of sp³-hybridized carbons (Fsp3) is 0.703. The first kappa shape index (κ1) is 66.4. The molecular formula is C74H101N3O14. The molecule has 3 aromatic rings. The number of allylic oxidation sites excluding steroid dienone is 2. The SMILES string of the molecule is COC1C[C@]2(C)C(=CCC3C4(C)CC[C@H](C)[C@](C)(C=O)[C@@H]4CC[C@@]32C)C2C[C@H](C)CC[C@]12C(=O)O[C@@H]1OC(COCc2ccccc2)[C@H](N=[N+]=[N-])C(C)C1O[C@@H]1OC(C)[C@H](O[C@@H]2OC[C@@H](OCc3ccccc3)C(OCc3ccccc3)C2C)C2OC(C)(C)OC21. The largest absolute Gasteiger partial charge is 0.432 e. The molecule has 4 heterocycles. The van der Waals surface area contributed by atoms with Gasteiger partial charge in [0.2, 0.25) is 6.29 Å². The van der Waals surface area contributed by atoms with E-state index in [2.05, 4.69) is 64.6 Å². The average Bonchev–Trinajstić information content (AvgIpc) is 0.882. The van der Waals surface area contributed by atoms with E-state index in [-0.39, 0.29) is 59.4 Å². The van der Waals surface area contributed by atoms with Crippen molar-refractivity contribution in [3.05, 3.63) is 130 Å². The van der Waals surface area contributed by atoms with Crippen LogP contribution in [0.4, 0.5) is 0 Å². The maximum atomic E-state index is 16.4. The first-order valence-electron chi connectivity index (χ1n) is 34.1. The Balaban J connectivity index is 0.833. The molecule has 496 valence electrons. The van der Waals surface area contributed by atoms with Crippen LogP contribution in [0.25, 0.3) is 10.4 Å². The Hall–Kier alpha value is -4.59. The van der Waals surface area contributed by atoms with Crippen molar-refractivity contribution in [1.82, 2.24) is 0 Å². The Kier molecular flexibility index (Phi) is 19.4. The van der Waals surface area contributed by atoms with Crippen molar-refractivity contribution in [3.63, 3.8) is 0 Å². The highest BCUT2D eigenvalue weighted by Crippen LogP contribution is 2.76. The number of methoxy groups -OCH3 is 1. The number of ether oxygens (including phenoxy) is 12. The highest BCUT2D eigenvalue weighted by atomic mass is 16.8. The van der Waals surface area contributed by atoms with Crippen molar-refractivity contribution in [3.8, 4) is 0 Å².